The molecule has 1 aromatic carbocycles. The van der Waals surface area contributed by atoms with E-state index >= 15 is 0 Å². The van der Waals surface area contributed by atoms with Gasteiger partial charge in [-0.2, -0.15) is 0 Å². The maximum atomic E-state index is 11.8. The number of rotatable bonds is 3. The van der Waals surface area contributed by atoms with Crippen molar-refractivity contribution in [1.29, 1.82) is 0 Å². The second kappa shape index (κ2) is 5.17. The van der Waals surface area contributed by atoms with Crippen LogP contribution in [0.2, 0.25) is 0 Å². The highest BCUT2D eigenvalue weighted by Crippen LogP contribution is 2.24. The van der Waals surface area contributed by atoms with Crippen molar-refractivity contribution in [3.63, 3.8) is 0 Å². The molecule has 1 heterocycles. The van der Waals surface area contributed by atoms with E-state index < -0.39 is 0 Å². The third-order valence-electron chi connectivity index (χ3n) is 3.35. The van der Waals surface area contributed by atoms with Gasteiger partial charge in [0.05, 0.1) is 0 Å². The predicted molar refractivity (Wildman–Crippen MR) is 72.9 cm³/mol. The largest absolute Gasteiger partial charge is 0.310 e. The highest BCUT2D eigenvalue weighted by molar-refractivity contribution is 5.26. The van der Waals surface area contributed by atoms with Crippen LogP contribution in [0.1, 0.15) is 41.9 Å². The molecule has 0 bridgehead atoms. The Hall–Kier alpha value is -1.90. The zero-order chi connectivity index (χ0) is 13.1. The molecule has 0 aliphatic heterocycles. The molecule has 0 saturated carbocycles. The smallest absolute Gasteiger partial charge is 0.254 e. The monoisotopic (exact) mass is 242 g/mol. The molecule has 2 rings (SSSR count). The summed E-state index contributed by atoms with van der Waals surface area (Å²) in [6.07, 6.45) is 0.912. The summed E-state index contributed by atoms with van der Waals surface area (Å²) in [5, 5.41) is 0. The fraction of sp³-hybridized carbons (Fsp3) is 0.333. The van der Waals surface area contributed by atoms with Gasteiger partial charge in [0.25, 0.3) is 5.56 Å². The maximum absolute atomic E-state index is 11.8. The van der Waals surface area contributed by atoms with Crippen molar-refractivity contribution in [2.24, 2.45) is 0 Å². The van der Waals surface area contributed by atoms with Crippen LogP contribution in [0.15, 0.2) is 35.1 Å². The molecule has 18 heavy (non-hydrogen) atoms. The minimum Gasteiger partial charge on any atom is -0.310 e. The highest BCUT2D eigenvalue weighted by Gasteiger charge is 2.15. The number of aromatic amines is 1. The van der Waals surface area contributed by atoms with Gasteiger partial charge in [-0.1, -0.05) is 37.3 Å². The van der Waals surface area contributed by atoms with Crippen molar-refractivity contribution in [2.75, 3.05) is 0 Å². The highest BCUT2D eigenvalue weighted by atomic mass is 16.1. The van der Waals surface area contributed by atoms with Gasteiger partial charge in [-0.15, -0.1) is 0 Å². The van der Waals surface area contributed by atoms with E-state index in [9.17, 15) is 4.79 Å². The van der Waals surface area contributed by atoms with Gasteiger partial charge in [0.15, 0.2) is 0 Å². The average molecular weight is 242 g/mol. The number of aromatic nitrogens is 2. The summed E-state index contributed by atoms with van der Waals surface area (Å²) in [7, 11) is 0. The van der Waals surface area contributed by atoms with Crippen molar-refractivity contribution < 1.29 is 0 Å². The zero-order valence-corrected chi connectivity index (χ0v) is 11.0. The second-order valence-electron chi connectivity index (χ2n) is 4.53. The molecule has 0 aliphatic rings. The third kappa shape index (κ3) is 2.35. The summed E-state index contributed by atoms with van der Waals surface area (Å²) in [5.41, 5.74) is 2.66. The van der Waals surface area contributed by atoms with Crippen molar-refractivity contribution in [3.05, 3.63) is 63.3 Å². The Kier molecular flexibility index (Phi) is 3.60. The number of benzene rings is 1. The molecular weight excluding hydrogens is 224 g/mol. The van der Waals surface area contributed by atoms with Gasteiger partial charge in [-0.05, 0) is 25.8 Å². The Morgan fingerprint density at radius 2 is 1.89 bits per heavy atom. The number of aryl methyl sites for hydroxylation is 1. The first kappa shape index (κ1) is 12.6. The molecule has 0 fully saturated rings. The molecule has 3 heteroatoms. The van der Waals surface area contributed by atoms with E-state index in [0.29, 0.717) is 5.56 Å². The summed E-state index contributed by atoms with van der Waals surface area (Å²) in [4.78, 5) is 19.2. The molecule has 94 valence electrons. The van der Waals surface area contributed by atoms with Gasteiger partial charge in [0.2, 0.25) is 0 Å². The van der Waals surface area contributed by atoms with Gasteiger partial charge >= 0.3 is 0 Å². The van der Waals surface area contributed by atoms with Crippen LogP contribution in [-0.2, 0) is 0 Å². The Balaban J connectivity index is 2.49. The van der Waals surface area contributed by atoms with Crippen LogP contribution in [0.5, 0.6) is 0 Å². The van der Waals surface area contributed by atoms with E-state index in [4.69, 9.17) is 0 Å². The summed E-state index contributed by atoms with van der Waals surface area (Å²) in [5.74, 6) is 0.912. The topological polar surface area (TPSA) is 45.8 Å². The second-order valence-corrected chi connectivity index (χ2v) is 4.53. The Morgan fingerprint density at radius 3 is 2.44 bits per heavy atom. The SMILES string of the molecule is CCC(c1ccccc1)c1nc(C)c(C)c(=O)[nH]1. The van der Waals surface area contributed by atoms with Crippen LogP contribution in [-0.4, -0.2) is 9.97 Å². The quantitative estimate of drug-likeness (QED) is 0.899. The standard InChI is InChI=1S/C15H18N2O/c1-4-13(12-8-6-5-7-9-12)14-16-11(3)10(2)15(18)17-14/h5-9,13H,4H2,1-3H3,(H,16,17,18). The molecule has 0 spiro atoms. The van der Waals surface area contributed by atoms with E-state index in [1.165, 1.54) is 5.56 Å². The molecule has 0 aliphatic carbocycles. The summed E-state index contributed by atoms with van der Waals surface area (Å²) in [6, 6.07) is 10.2. The van der Waals surface area contributed by atoms with Crippen LogP contribution < -0.4 is 5.56 Å². The first-order chi connectivity index (χ1) is 8.63. The van der Waals surface area contributed by atoms with E-state index in [2.05, 4.69) is 29.0 Å². The number of H-pyrrole nitrogens is 1. The van der Waals surface area contributed by atoms with Crippen LogP contribution in [0.3, 0.4) is 0 Å². The average Bonchev–Trinajstić information content (AvgIpc) is 2.38. The molecular formula is C15H18N2O. The molecule has 1 aromatic heterocycles. The number of hydrogen-bond acceptors (Lipinski definition) is 2. The minimum atomic E-state index is -0.0353. The fourth-order valence-electron chi connectivity index (χ4n) is 2.10. The van der Waals surface area contributed by atoms with Gasteiger partial charge in [0, 0.05) is 17.2 Å². The number of hydrogen-bond donors (Lipinski definition) is 1. The summed E-state index contributed by atoms with van der Waals surface area (Å²) in [6.45, 7) is 5.78. The van der Waals surface area contributed by atoms with Gasteiger partial charge in [0.1, 0.15) is 5.82 Å². The number of nitrogens with one attached hydrogen (secondary N) is 1. The van der Waals surface area contributed by atoms with Gasteiger partial charge < -0.3 is 4.98 Å². The van der Waals surface area contributed by atoms with E-state index in [1.807, 2.05) is 25.1 Å². The van der Waals surface area contributed by atoms with E-state index in [-0.39, 0.29) is 11.5 Å². The molecule has 3 nitrogen and oxygen atoms in total. The van der Waals surface area contributed by atoms with Crippen LogP contribution >= 0.6 is 0 Å². The zero-order valence-electron chi connectivity index (χ0n) is 11.0. The maximum Gasteiger partial charge on any atom is 0.254 e. The van der Waals surface area contributed by atoms with Crippen LogP contribution in [0, 0.1) is 13.8 Å². The third-order valence-corrected chi connectivity index (χ3v) is 3.35. The first-order valence-electron chi connectivity index (χ1n) is 6.25. The van der Waals surface area contributed by atoms with Crippen LogP contribution in [0.4, 0.5) is 0 Å². The fourth-order valence-corrected chi connectivity index (χ4v) is 2.10. The Labute approximate surface area is 107 Å². The molecule has 1 atom stereocenters. The molecule has 1 unspecified atom stereocenters. The minimum absolute atomic E-state index is 0.0353. The van der Waals surface area contributed by atoms with Gasteiger partial charge in [-0.25, -0.2) is 4.98 Å². The lowest BCUT2D eigenvalue weighted by atomic mass is 9.95. The normalized spacial score (nSPS) is 12.4. The molecule has 0 radical (unpaired) electrons. The Bertz CT molecular complexity index is 587. The van der Waals surface area contributed by atoms with Crippen molar-refractivity contribution in [2.45, 2.75) is 33.1 Å². The lowest BCUT2D eigenvalue weighted by Gasteiger charge is -2.15. The first-order valence-corrected chi connectivity index (χ1v) is 6.25. The van der Waals surface area contributed by atoms with Gasteiger partial charge in [-0.3, -0.25) is 4.79 Å². The van der Waals surface area contributed by atoms with Crippen LogP contribution in [0.25, 0.3) is 0 Å². The van der Waals surface area contributed by atoms with Crippen molar-refractivity contribution >= 4 is 0 Å². The lowest BCUT2D eigenvalue weighted by Crippen LogP contribution is -2.19. The lowest BCUT2D eigenvalue weighted by molar-refractivity contribution is 0.703. The Morgan fingerprint density at radius 1 is 1.22 bits per heavy atom. The molecule has 0 saturated heterocycles. The molecule has 2 aromatic rings. The summed E-state index contributed by atoms with van der Waals surface area (Å²) >= 11 is 0. The molecule has 1 N–H and O–H groups in total. The van der Waals surface area contributed by atoms with Crippen molar-refractivity contribution in [1.82, 2.24) is 9.97 Å². The predicted octanol–water partition coefficient (Wildman–Crippen LogP) is 2.93. The summed E-state index contributed by atoms with van der Waals surface area (Å²) < 4.78 is 0. The number of nitrogens with zero attached hydrogens (tertiary/aromatic N) is 1. The molecule has 0 amide bonds. The van der Waals surface area contributed by atoms with E-state index in [0.717, 1.165) is 17.9 Å². The van der Waals surface area contributed by atoms with Crippen molar-refractivity contribution in [3.8, 4) is 0 Å². The van der Waals surface area contributed by atoms with E-state index in [1.54, 1.807) is 6.92 Å².